The van der Waals surface area contributed by atoms with Crippen LogP contribution in [0.1, 0.15) is 26.7 Å². The molecule has 1 aromatic rings. The molecule has 1 atom stereocenters. The molecular weight excluding hydrogens is 378 g/mol. The standard InChI is InChI=1S/C17H25NO6S2/c1-13(2)11-18(14-6-9-25(19,20)12-14)26(21,22)15-4-5-16-17(10-15)24-8-3-7-23-16/h4-5,10,13-14H,3,6-9,11-12H2,1-2H3/t14-/m0/s1. The van der Waals surface area contributed by atoms with Crippen molar-refractivity contribution in [3.05, 3.63) is 18.2 Å². The summed E-state index contributed by atoms with van der Waals surface area (Å²) in [6, 6.07) is 4.06. The summed E-state index contributed by atoms with van der Waals surface area (Å²) in [6.07, 6.45) is 1.06. The molecule has 0 spiro atoms. The Morgan fingerprint density at radius 1 is 1.19 bits per heavy atom. The molecule has 7 nitrogen and oxygen atoms in total. The maximum absolute atomic E-state index is 13.3. The number of nitrogens with zero attached hydrogens (tertiary/aromatic N) is 1. The Balaban J connectivity index is 1.96. The molecule has 1 fully saturated rings. The van der Waals surface area contributed by atoms with Crippen LogP contribution >= 0.6 is 0 Å². The van der Waals surface area contributed by atoms with Crippen molar-refractivity contribution >= 4 is 19.9 Å². The van der Waals surface area contributed by atoms with E-state index in [4.69, 9.17) is 9.47 Å². The third-order valence-electron chi connectivity index (χ3n) is 4.49. The first-order chi connectivity index (χ1) is 12.2. The molecular formula is C17H25NO6S2. The summed E-state index contributed by atoms with van der Waals surface area (Å²) in [6.45, 7) is 5.10. The van der Waals surface area contributed by atoms with Crippen molar-refractivity contribution in [2.24, 2.45) is 5.92 Å². The van der Waals surface area contributed by atoms with Gasteiger partial charge in [-0.15, -0.1) is 0 Å². The predicted molar refractivity (Wildman–Crippen MR) is 97.8 cm³/mol. The van der Waals surface area contributed by atoms with Crippen molar-refractivity contribution in [2.45, 2.75) is 37.6 Å². The fourth-order valence-corrected chi connectivity index (χ4v) is 6.90. The van der Waals surface area contributed by atoms with E-state index in [-0.39, 0.29) is 28.9 Å². The van der Waals surface area contributed by atoms with Gasteiger partial charge in [-0.05, 0) is 24.5 Å². The minimum Gasteiger partial charge on any atom is -0.490 e. The highest BCUT2D eigenvalue weighted by Gasteiger charge is 2.39. The molecule has 0 bridgehead atoms. The van der Waals surface area contributed by atoms with Crippen molar-refractivity contribution in [1.82, 2.24) is 4.31 Å². The van der Waals surface area contributed by atoms with Gasteiger partial charge in [0.25, 0.3) is 0 Å². The van der Waals surface area contributed by atoms with Gasteiger partial charge in [0.05, 0.1) is 29.6 Å². The fraction of sp³-hybridized carbons (Fsp3) is 0.647. The molecule has 0 aromatic heterocycles. The molecule has 26 heavy (non-hydrogen) atoms. The molecule has 0 N–H and O–H groups in total. The maximum atomic E-state index is 13.3. The van der Waals surface area contributed by atoms with Crippen molar-refractivity contribution < 1.29 is 26.3 Å². The molecule has 1 aromatic carbocycles. The van der Waals surface area contributed by atoms with Crippen molar-refractivity contribution in [3.8, 4) is 11.5 Å². The van der Waals surface area contributed by atoms with Gasteiger partial charge in [0.2, 0.25) is 10.0 Å². The van der Waals surface area contributed by atoms with Crippen LogP contribution in [0.25, 0.3) is 0 Å². The van der Waals surface area contributed by atoms with E-state index in [1.807, 2.05) is 13.8 Å². The summed E-state index contributed by atoms with van der Waals surface area (Å²) in [5, 5.41) is 0. The molecule has 0 unspecified atom stereocenters. The molecule has 2 aliphatic heterocycles. The number of benzene rings is 1. The normalized spacial score (nSPS) is 22.5. The van der Waals surface area contributed by atoms with Crippen LogP contribution in [0.2, 0.25) is 0 Å². The zero-order valence-corrected chi connectivity index (χ0v) is 16.7. The lowest BCUT2D eigenvalue weighted by Gasteiger charge is -2.29. The van der Waals surface area contributed by atoms with Gasteiger partial charge < -0.3 is 9.47 Å². The van der Waals surface area contributed by atoms with E-state index >= 15 is 0 Å². The highest BCUT2D eigenvalue weighted by Crippen LogP contribution is 2.34. The van der Waals surface area contributed by atoms with E-state index in [0.717, 1.165) is 6.42 Å². The Kier molecular flexibility index (Phi) is 5.50. The first-order valence-corrected chi connectivity index (χ1v) is 12.1. The van der Waals surface area contributed by atoms with Gasteiger partial charge in [-0.3, -0.25) is 0 Å². The third-order valence-corrected chi connectivity index (χ3v) is 8.15. The predicted octanol–water partition coefficient (Wildman–Crippen LogP) is 1.68. The number of hydrogen-bond acceptors (Lipinski definition) is 6. The SMILES string of the molecule is CC(C)CN([C@H]1CCS(=O)(=O)C1)S(=O)(=O)c1ccc2c(c1)OCCCO2. The number of hydrogen-bond donors (Lipinski definition) is 0. The van der Waals surface area contributed by atoms with Gasteiger partial charge >= 0.3 is 0 Å². The van der Waals surface area contributed by atoms with Crippen molar-refractivity contribution in [3.63, 3.8) is 0 Å². The zero-order valence-electron chi connectivity index (χ0n) is 15.0. The lowest BCUT2D eigenvalue weighted by atomic mass is 10.2. The fourth-order valence-electron chi connectivity index (χ4n) is 3.25. The Morgan fingerprint density at radius 2 is 1.88 bits per heavy atom. The Morgan fingerprint density at radius 3 is 2.50 bits per heavy atom. The smallest absolute Gasteiger partial charge is 0.243 e. The number of sulfonamides is 1. The number of fused-ring (bicyclic) bond motifs is 1. The topological polar surface area (TPSA) is 90.0 Å². The maximum Gasteiger partial charge on any atom is 0.243 e. The van der Waals surface area contributed by atoms with Gasteiger partial charge in [-0.1, -0.05) is 13.8 Å². The van der Waals surface area contributed by atoms with E-state index in [1.54, 1.807) is 6.07 Å². The molecule has 0 aliphatic carbocycles. The summed E-state index contributed by atoms with van der Waals surface area (Å²) >= 11 is 0. The van der Waals surface area contributed by atoms with E-state index in [9.17, 15) is 16.8 Å². The summed E-state index contributed by atoms with van der Waals surface area (Å²) in [4.78, 5) is 0.103. The van der Waals surface area contributed by atoms with Gasteiger partial charge in [-0.25, -0.2) is 16.8 Å². The highest BCUT2D eigenvalue weighted by atomic mass is 32.2. The Bertz CT molecular complexity index is 863. The zero-order chi connectivity index (χ0) is 18.9. The van der Waals surface area contributed by atoms with Crippen LogP contribution in [0.5, 0.6) is 11.5 Å². The molecule has 0 amide bonds. The highest BCUT2D eigenvalue weighted by molar-refractivity contribution is 7.92. The number of rotatable bonds is 5. The summed E-state index contributed by atoms with van der Waals surface area (Å²) in [7, 11) is -7.03. The summed E-state index contributed by atoms with van der Waals surface area (Å²) in [5.74, 6) is 0.924. The Hall–Kier alpha value is -1.32. The molecule has 9 heteroatoms. The number of ether oxygens (including phenoxy) is 2. The molecule has 2 aliphatic rings. The van der Waals surface area contributed by atoms with Crippen LogP contribution in [-0.4, -0.2) is 58.4 Å². The van der Waals surface area contributed by atoms with Crippen LogP contribution in [-0.2, 0) is 19.9 Å². The second kappa shape index (κ2) is 7.36. The lowest BCUT2D eigenvalue weighted by Crippen LogP contribution is -2.43. The second-order valence-electron chi connectivity index (χ2n) is 7.18. The van der Waals surface area contributed by atoms with Gasteiger partial charge in [0.1, 0.15) is 0 Å². The minimum atomic E-state index is -3.84. The number of sulfone groups is 1. The minimum absolute atomic E-state index is 0.0307. The summed E-state index contributed by atoms with van der Waals surface area (Å²) in [5.41, 5.74) is 0. The molecule has 2 heterocycles. The average molecular weight is 404 g/mol. The van der Waals surface area contributed by atoms with Gasteiger partial charge in [0.15, 0.2) is 21.3 Å². The molecule has 146 valence electrons. The average Bonchev–Trinajstić information content (AvgIpc) is 2.78. The van der Waals surface area contributed by atoms with Crippen LogP contribution in [0.15, 0.2) is 23.1 Å². The van der Waals surface area contributed by atoms with Crippen LogP contribution in [0, 0.1) is 5.92 Å². The van der Waals surface area contributed by atoms with Crippen molar-refractivity contribution in [2.75, 3.05) is 31.3 Å². The van der Waals surface area contributed by atoms with E-state index in [1.165, 1.54) is 16.4 Å². The first kappa shape index (κ1) is 19.4. The van der Waals surface area contributed by atoms with E-state index < -0.39 is 25.9 Å². The van der Waals surface area contributed by atoms with Crippen molar-refractivity contribution in [1.29, 1.82) is 0 Å². The van der Waals surface area contributed by atoms with Crippen LogP contribution in [0.4, 0.5) is 0 Å². The Labute approximate surface area is 155 Å². The van der Waals surface area contributed by atoms with E-state index in [2.05, 4.69) is 0 Å². The van der Waals surface area contributed by atoms with Crippen LogP contribution < -0.4 is 9.47 Å². The monoisotopic (exact) mass is 403 g/mol. The molecule has 1 saturated heterocycles. The molecule has 0 radical (unpaired) electrons. The van der Waals surface area contributed by atoms with Gasteiger partial charge in [-0.2, -0.15) is 4.31 Å². The van der Waals surface area contributed by atoms with Gasteiger partial charge in [0, 0.05) is 25.1 Å². The largest absolute Gasteiger partial charge is 0.490 e. The summed E-state index contributed by atoms with van der Waals surface area (Å²) < 4.78 is 62.8. The third kappa shape index (κ3) is 4.15. The lowest BCUT2D eigenvalue weighted by molar-refractivity contribution is 0.296. The molecule has 3 rings (SSSR count). The quantitative estimate of drug-likeness (QED) is 0.743. The second-order valence-corrected chi connectivity index (χ2v) is 11.3. The first-order valence-electron chi connectivity index (χ1n) is 8.81. The van der Waals surface area contributed by atoms with E-state index in [0.29, 0.717) is 31.1 Å². The van der Waals surface area contributed by atoms with Crippen LogP contribution in [0.3, 0.4) is 0 Å². The molecule has 0 saturated carbocycles.